The number of phenols is 2. The smallest absolute Gasteiger partial charge is 0.178 e. The number of rotatable bonds is 2. The van der Waals surface area contributed by atoms with E-state index in [4.69, 9.17) is 34.8 Å². The minimum Gasteiger partial charge on any atom is -0.504 e. The summed E-state index contributed by atoms with van der Waals surface area (Å²) < 4.78 is 0. The summed E-state index contributed by atoms with van der Waals surface area (Å²) in [6.07, 6.45) is 1.32. The Bertz CT molecular complexity index is 335. The van der Waals surface area contributed by atoms with E-state index in [9.17, 15) is 10.2 Å². The molecule has 1 aromatic carbocycles. The minimum absolute atomic E-state index is 0.0760. The summed E-state index contributed by atoms with van der Waals surface area (Å²) in [5, 5.41) is 19.1. The maximum atomic E-state index is 9.54. The summed E-state index contributed by atoms with van der Waals surface area (Å²) in [5.41, 5.74) is 0.432. The van der Waals surface area contributed by atoms with Crippen LogP contribution in [0.25, 0.3) is 0 Å². The van der Waals surface area contributed by atoms with Gasteiger partial charge in [0.15, 0.2) is 11.5 Å². The maximum absolute atomic E-state index is 9.54. The lowest BCUT2D eigenvalue weighted by Gasteiger charge is -2.11. The van der Waals surface area contributed by atoms with E-state index in [0.29, 0.717) is 12.0 Å². The van der Waals surface area contributed by atoms with E-state index >= 15 is 0 Å². The molecule has 2 nitrogen and oxygen atoms in total. The molecular weight excluding hydrogens is 246 g/mol. The molecule has 0 unspecified atom stereocenters. The fourth-order valence-corrected chi connectivity index (χ4v) is 1.88. The van der Waals surface area contributed by atoms with E-state index in [-0.39, 0.29) is 20.8 Å². The Labute approximate surface area is 97.0 Å². The Balaban J connectivity index is 3.43. The molecule has 0 atom stereocenters. The van der Waals surface area contributed by atoms with Crippen molar-refractivity contribution in [1.29, 1.82) is 0 Å². The second kappa shape index (κ2) is 4.47. The lowest BCUT2D eigenvalue weighted by atomic mass is 10.1. The summed E-state index contributed by atoms with van der Waals surface area (Å²) in [7, 11) is 0. The second-order valence-electron chi connectivity index (χ2n) is 2.87. The molecule has 1 rings (SSSR count). The topological polar surface area (TPSA) is 40.5 Å². The predicted octanol–water partition coefficient (Wildman–Crippen LogP) is 4.01. The minimum atomic E-state index is -0.412. The van der Waals surface area contributed by atoms with Gasteiger partial charge in [-0.15, -0.1) is 0 Å². The lowest BCUT2D eigenvalue weighted by Crippen LogP contribution is -1.89. The molecule has 0 amide bonds. The van der Waals surface area contributed by atoms with Gasteiger partial charge in [-0.1, -0.05) is 48.1 Å². The lowest BCUT2D eigenvalue weighted by molar-refractivity contribution is 0.399. The first kappa shape index (κ1) is 11.8. The Morgan fingerprint density at radius 1 is 0.929 bits per heavy atom. The first-order valence-corrected chi connectivity index (χ1v) is 5.21. The van der Waals surface area contributed by atoms with E-state index < -0.39 is 5.75 Å². The maximum Gasteiger partial charge on any atom is 0.178 e. The van der Waals surface area contributed by atoms with Crippen LogP contribution in [0.2, 0.25) is 15.1 Å². The third kappa shape index (κ3) is 1.88. The highest BCUT2D eigenvalue weighted by Crippen LogP contribution is 2.46. The van der Waals surface area contributed by atoms with Crippen LogP contribution < -0.4 is 0 Å². The van der Waals surface area contributed by atoms with E-state index in [2.05, 4.69) is 0 Å². The Hall–Kier alpha value is -0.310. The van der Waals surface area contributed by atoms with Crippen LogP contribution in [0.3, 0.4) is 0 Å². The molecule has 1 aromatic rings. The van der Waals surface area contributed by atoms with Gasteiger partial charge < -0.3 is 10.2 Å². The van der Waals surface area contributed by atoms with Gasteiger partial charge in [0.05, 0.1) is 10.0 Å². The average molecular weight is 256 g/mol. The summed E-state index contributed by atoms with van der Waals surface area (Å²) in [4.78, 5) is 0. The van der Waals surface area contributed by atoms with Gasteiger partial charge in [-0.25, -0.2) is 0 Å². The summed E-state index contributed by atoms with van der Waals surface area (Å²) in [6, 6.07) is 0. The van der Waals surface area contributed by atoms with Crippen molar-refractivity contribution >= 4 is 34.8 Å². The highest BCUT2D eigenvalue weighted by atomic mass is 35.5. The number of halogens is 3. The number of aromatic hydroxyl groups is 2. The molecule has 2 N–H and O–H groups in total. The van der Waals surface area contributed by atoms with Crippen molar-refractivity contribution in [1.82, 2.24) is 0 Å². The third-order valence-corrected chi connectivity index (χ3v) is 3.22. The zero-order valence-electron chi connectivity index (χ0n) is 7.44. The van der Waals surface area contributed by atoms with E-state index in [1.807, 2.05) is 6.92 Å². The third-order valence-electron chi connectivity index (χ3n) is 1.87. The van der Waals surface area contributed by atoms with Gasteiger partial charge in [-0.3, -0.25) is 0 Å². The first-order chi connectivity index (χ1) is 6.50. The quantitative estimate of drug-likeness (QED) is 0.619. The molecule has 0 aromatic heterocycles. The van der Waals surface area contributed by atoms with Crippen molar-refractivity contribution in [2.45, 2.75) is 19.8 Å². The molecule has 0 radical (unpaired) electrons. The molecule has 0 saturated carbocycles. The van der Waals surface area contributed by atoms with Crippen molar-refractivity contribution in [2.24, 2.45) is 0 Å². The molecule has 0 aliphatic carbocycles. The van der Waals surface area contributed by atoms with Crippen LogP contribution in [-0.4, -0.2) is 10.2 Å². The van der Waals surface area contributed by atoms with Gasteiger partial charge in [0.2, 0.25) is 0 Å². The van der Waals surface area contributed by atoms with Crippen LogP contribution in [0.5, 0.6) is 11.5 Å². The monoisotopic (exact) mass is 254 g/mol. The van der Waals surface area contributed by atoms with Gasteiger partial charge >= 0.3 is 0 Å². The van der Waals surface area contributed by atoms with Gasteiger partial charge in [-0.2, -0.15) is 0 Å². The van der Waals surface area contributed by atoms with Crippen LogP contribution >= 0.6 is 34.8 Å². The molecular formula is C9H9Cl3O2. The standard InChI is InChI=1S/C9H9Cl3O2/c1-2-3-4-5(10)6(11)7(12)9(14)8(4)13/h13-14H,2-3H2,1H3. The molecule has 78 valence electrons. The zero-order valence-corrected chi connectivity index (χ0v) is 9.71. The van der Waals surface area contributed by atoms with E-state index in [0.717, 1.165) is 6.42 Å². The molecule has 0 aliphatic rings. The number of hydrogen-bond acceptors (Lipinski definition) is 2. The first-order valence-electron chi connectivity index (χ1n) is 4.07. The Morgan fingerprint density at radius 2 is 1.50 bits per heavy atom. The van der Waals surface area contributed by atoms with Gasteiger partial charge in [0.1, 0.15) is 5.02 Å². The zero-order chi connectivity index (χ0) is 10.9. The molecule has 14 heavy (non-hydrogen) atoms. The number of hydrogen-bond donors (Lipinski definition) is 2. The fraction of sp³-hybridized carbons (Fsp3) is 0.333. The van der Waals surface area contributed by atoms with E-state index in [1.165, 1.54) is 0 Å². The van der Waals surface area contributed by atoms with Crippen molar-refractivity contribution in [2.75, 3.05) is 0 Å². The van der Waals surface area contributed by atoms with Crippen LogP contribution in [0.15, 0.2) is 0 Å². The van der Waals surface area contributed by atoms with Crippen molar-refractivity contribution < 1.29 is 10.2 Å². The normalized spacial score (nSPS) is 10.6. The predicted molar refractivity (Wildman–Crippen MR) is 58.8 cm³/mol. The fourth-order valence-electron chi connectivity index (χ4n) is 1.16. The van der Waals surface area contributed by atoms with E-state index in [1.54, 1.807) is 0 Å². The van der Waals surface area contributed by atoms with Gasteiger partial charge in [0, 0.05) is 5.56 Å². The number of phenolic OH excluding ortho intramolecular Hbond substituents is 2. The largest absolute Gasteiger partial charge is 0.504 e. The van der Waals surface area contributed by atoms with Crippen molar-refractivity contribution in [3.8, 4) is 11.5 Å². The summed E-state index contributed by atoms with van der Waals surface area (Å²) in [6.45, 7) is 1.93. The highest BCUT2D eigenvalue weighted by Gasteiger charge is 2.19. The molecule has 5 heteroatoms. The van der Waals surface area contributed by atoms with Crippen LogP contribution in [0, 0.1) is 0 Å². The summed E-state index contributed by atoms with van der Waals surface area (Å²) in [5.74, 6) is -0.698. The van der Waals surface area contributed by atoms with Gasteiger partial charge in [0.25, 0.3) is 0 Å². The Morgan fingerprint density at radius 3 is 2.00 bits per heavy atom. The highest BCUT2D eigenvalue weighted by molar-refractivity contribution is 6.49. The number of benzene rings is 1. The summed E-state index contributed by atoms with van der Waals surface area (Å²) >= 11 is 17.3. The van der Waals surface area contributed by atoms with Crippen LogP contribution in [0.4, 0.5) is 0 Å². The Kier molecular flexibility index (Phi) is 3.76. The van der Waals surface area contributed by atoms with Crippen molar-refractivity contribution in [3.63, 3.8) is 0 Å². The molecule has 0 aliphatic heterocycles. The van der Waals surface area contributed by atoms with Gasteiger partial charge in [-0.05, 0) is 6.42 Å². The molecule has 0 fully saturated rings. The van der Waals surface area contributed by atoms with Crippen LogP contribution in [-0.2, 0) is 6.42 Å². The SMILES string of the molecule is CCCc1c(O)c(O)c(Cl)c(Cl)c1Cl. The molecule has 0 bridgehead atoms. The molecule has 0 saturated heterocycles. The van der Waals surface area contributed by atoms with Crippen LogP contribution in [0.1, 0.15) is 18.9 Å². The molecule has 0 spiro atoms. The van der Waals surface area contributed by atoms with Crippen molar-refractivity contribution in [3.05, 3.63) is 20.6 Å². The average Bonchev–Trinajstić information content (AvgIpc) is 2.19. The molecule has 0 heterocycles. The second-order valence-corrected chi connectivity index (χ2v) is 4.00.